The Morgan fingerprint density at radius 2 is 2.20 bits per heavy atom. The van der Waals surface area contributed by atoms with E-state index in [-0.39, 0.29) is 23.6 Å². The molecule has 2 aliphatic carbocycles. The third-order valence-electron chi connectivity index (χ3n) is 4.83. The number of H-pyrrole nitrogens is 1. The van der Waals surface area contributed by atoms with Crippen LogP contribution in [0.2, 0.25) is 5.28 Å². The molecule has 0 atom stereocenters. The molecule has 2 fully saturated rings. The highest BCUT2D eigenvalue weighted by Crippen LogP contribution is 2.62. The number of fused-ring (bicyclic) bond motifs is 1. The smallest absolute Gasteiger partial charge is 0.327 e. The molecule has 1 spiro atoms. The topological polar surface area (TPSA) is 83.8 Å². The lowest BCUT2D eigenvalue weighted by Gasteiger charge is -2.57. The molecule has 0 bridgehead atoms. The Labute approximate surface area is 119 Å². The second-order valence-corrected chi connectivity index (χ2v) is 6.53. The molecule has 106 valence electrons. The molecular formula is C13H15ClN4O2. The molecule has 6 nitrogen and oxygen atoms in total. The molecule has 20 heavy (non-hydrogen) atoms. The van der Waals surface area contributed by atoms with Gasteiger partial charge in [0, 0.05) is 12.6 Å². The van der Waals surface area contributed by atoms with Gasteiger partial charge in [0.25, 0.3) is 0 Å². The molecule has 0 aromatic carbocycles. The van der Waals surface area contributed by atoms with E-state index < -0.39 is 0 Å². The number of nitrogens with zero attached hydrogens (tertiary/aromatic N) is 3. The zero-order valence-electron chi connectivity index (χ0n) is 10.8. The first-order valence-corrected chi connectivity index (χ1v) is 7.22. The maximum Gasteiger partial charge on any atom is 0.327 e. The minimum Gasteiger partial charge on any atom is -0.396 e. The van der Waals surface area contributed by atoms with Crippen LogP contribution in [0.4, 0.5) is 0 Å². The number of halogens is 1. The number of aliphatic hydroxyl groups excluding tert-OH is 1. The fourth-order valence-corrected chi connectivity index (χ4v) is 4.11. The van der Waals surface area contributed by atoms with E-state index in [0.717, 1.165) is 25.7 Å². The highest BCUT2D eigenvalue weighted by Gasteiger charge is 2.53. The number of aliphatic hydroxyl groups is 1. The maximum absolute atomic E-state index is 12.1. The lowest BCUT2D eigenvalue weighted by atomic mass is 9.50. The summed E-state index contributed by atoms with van der Waals surface area (Å²) < 4.78 is 1.71. The number of nitrogens with one attached hydrogen (secondary N) is 1. The molecule has 7 heteroatoms. The van der Waals surface area contributed by atoms with Crippen LogP contribution in [0.1, 0.15) is 31.7 Å². The number of rotatable bonds is 2. The third-order valence-corrected chi connectivity index (χ3v) is 5.01. The summed E-state index contributed by atoms with van der Waals surface area (Å²) in [5, 5.41) is 9.27. The van der Waals surface area contributed by atoms with Crippen molar-refractivity contribution in [2.75, 3.05) is 6.61 Å². The van der Waals surface area contributed by atoms with Gasteiger partial charge in [0.1, 0.15) is 5.52 Å². The van der Waals surface area contributed by atoms with Crippen LogP contribution >= 0.6 is 11.6 Å². The van der Waals surface area contributed by atoms with Crippen LogP contribution in [0.15, 0.2) is 11.0 Å². The van der Waals surface area contributed by atoms with Gasteiger partial charge >= 0.3 is 5.69 Å². The number of aromatic amines is 1. The highest BCUT2D eigenvalue weighted by atomic mass is 35.5. The second-order valence-electron chi connectivity index (χ2n) is 6.20. The summed E-state index contributed by atoms with van der Waals surface area (Å²) in [4.78, 5) is 22.9. The van der Waals surface area contributed by atoms with Gasteiger partial charge in [0.05, 0.1) is 6.20 Å². The summed E-state index contributed by atoms with van der Waals surface area (Å²) in [5.74, 6) is 0.451. The van der Waals surface area contributed by atoms with E-state index in [1.54, 1.807) is 10.8 Å². The van der Waals surface area contributed by atoms with Crippen molar-refractivity contribution in [2.24, 2.45) is 11.3 Å². The first-order chi connectivity index (χ1) is 9.60. The first-order valence-electron chi connectivity index (χ1n) is 6.84. The van der Waals surface area contributed by atoms with Gasteiger partial charge in [-0.1, -0.05) is 0 Å². The van der Waals surface area contributed by atoms with Gasteiger partial charge in [-0.2, -0.15) is 4.98 Å². The Kier molecular flexibility index (Phi) is 2.50. The summed E-state index contributed by atoms with van der Waals surface area (Å²) in [6, 6.07) is 0.182. The summed E-state index contributed by atoms with van der Waals surface area (Å²) in [6.07, 6.45) is 5.66. The lowest BCUT2D eigenvalue weighted by Crippen LogP contribution is -2.50. The summed E-state index contributed by atoms with van der Waals surface area (Å²) in [6.45, 7) is 0.280. The fourth-order valence-electron chi connectivity index (χ4n) is 3.98. The van der Waals surface area contributed by atoms with E-state index >= 15 is 0 Å². The van der Waals surface area contributed by atoms with E-state index in [1.165, 1.54) is 0 Å². The van der Waals surface area contributed by atoms with E-state index in [4.69, 9.17) is 16.7 Å². The molecule has 0 aliphatic heterocycles. The minimum absolute atomic E-state index is 0.144. The molecule has 0 unspecified atom stereocenters. The van der Waals surface area contributed by atoms with Gasteiger partial charge in [0.15, 0.2) is 5.65 Å². The van der Waals surface area contributed by atoms with Crippen molar-refractivity contribution in [2.45, 2.75) is 31.7 Å². The number of hydrogen-bond acceptors (Lipinski definition) is 4. The first kappa shape index (κ1) is 12.3. The average Bonchev–Trinajstić information content (AvgIpc) is 2.63. The third kappa shape index (κ3) is 1.64. The van der Waals surface area contributed by atoms with Crippen molar-refractivity contribution >= 4 is 22.8 Å². The van der Waals surface area contributed by atoms with Gasteiger partial charge < -0.3 is 10.1 Å². The van der Waals surface area contributed by atoms with E-state index in [9.17, 15) is 4.79 Å². The zero-order chi connectivity index (χ0) is 13.9. The maximum atomic E-state index is 12.1. The van der Waals surface area contributed by atoms with Crippen LogP contribution < -0.4 is 5.69 Å². The Bertz CT molecular complexity index is 724. The molecule has 4 rings (SSSR count). The Morgan fingerprint density at radius 3 is 2.90 bits per heavy atom. The summed E-state index contributed by atoms with van der Waals surface area (Å²) >= 11 is 5.82. The summed E-state index contributed by atoms with van der Waals surface area (Å²) in [7, 11) is 0. The van der Waals surface area contributed by atoms with Crippen LogP contribution in [-0.4, -0.2) is 31.2 Å². The van der Waals surface area contributed by atoms with Crippen molar-refractivity contribution in [3.63, 3.8) is 0 Å². The van der Waals surface area contributed by atoms with Crippen molar-refractivity contribution in [1.82, 2.24) is 19.5 Å². The van der Waals surface area contributed by atoms with Gasteiger partial charge in [0.2, 0.25) is 5.28 Å². The Balaban J connectivity index is 1.63. The van der Waals surface area contributed by atoms with Gasteiger partial charge in [-0.05, 0) is 48.6 Å². The number of aromatic nitrogens is 4. The van der Waals surface area contributed by atoms with Gasteiger partial charge in [-0.3, -0.25) is 4.57 Å². The normalized spacial score (nSPS) is 32.3. The molecule has 0 saturated heterocycles. The molecule has 0 radical (unpaired) electrons. The Hall–Kier alpha value is -1.40. The van der Waals surface area contributed by atoms with E-state index in [1.807, 2.05) is 0 Å². The molecule has 0 amide bonds. The number of imidazole rings is 1. The Morgan fingerprint density at radius 1 is 1.45 bits per heavy atom. The van der Waals surface area contributed by atoms with Gasteiger partial charge in [-0.25, -0.2) is 9.78 Å². The van der Waals surface area contributed by atoms with Gasteiger partial charge in [-0.15, -0.1) is 0 Å². The number of hydrogen-bond donors (Lipinski definition) is 2. The molecule has 2 aromatic rings. The van der Waals surface area contributed by atoms with Crippen molar-refractivity contribution in [3.8, 4) is 0 Å². The monoisotopic (exact) mass is 294 g/mol. The standard InChI is InChI=1S/C13H15ClN4O2/c14-11-15-5-9-10(17-11)18(12(20)16-9)8-3-13(4-8)1-7(2-13)6-19/h5,7-8,19H,1-4,6H2,(H,16,20). The van der Waals surface area contributed by atoms with E-state index in [2.05, 4.69) is 15.0 Å². The molecular weight excluding hydrogens is 280 g/mol. The van der Waals surface area contributed by atoms with E-state index in [0.29, 0.717) is 22.5 Å². The molecule has 2 saturated carbocycles. The van der Waals surface area contributed by atoms with Crippen LogP contribution in [0.5, 0.6) is 0 Å². The summed E-state index contributed by atoms with van der Waals surface area (Å²) in [5.41, 5.74) is 1.42. The lowest BCUT2D eigenvalue weighted by molar-refractivity contribution is -0.0772. The molecule has 2 aliphatic rings. The predicted octanol–water partition coefficient (Wildman–Crippen LogP) is 1.50. The molecule has 2 aromatic heterocycles. The molecule has 2 N–H and O–H groups in total. The van der Waals surface area contributed by atoms with Crippen molar-refractivity contribution in [1.29, 1.82) is 0 Å². The zero-order valence-corrected chi connectivity index (χ0v) is 11.6. The SMILES string of the molecule is O=c1[nH]c2cnc(Cl)nc2n1C1CC2(CC(CO)C2)C1. The van der Waals surface area contributed by atoms with Crippen LogP contribution in [-0.2, 0) is 0 Å². The van der Waals surface area contributed by atoms with Crippen LogP contribution in [0.25, 0.3) is 11.2 Å². The average molecular weight is 295 g/mol. The van der Waals surface area contributed by atoms with Crippen LogP contribution in [0, 0.1) is 11.3 Å². The predicted molar refractivity (Wildman–Crippen MR) is 73.7 cm³/mol. The quantitative estimate of drug-likeness (QED) is 0.822. The second kappa shape index (κ2) is 4.05. The fraction of sp³-hybridized carbons (Fsp3) is 0.615. The highest BCUT2D eigenvalue weighted by molar-refractivity contribution is 6.28. The van der Waals surface area contributed by atoms with Crippen LogP contribution in [0.3, 0.4) is 0 Å². The minimum atomic E-state index is -0.144. The molecule has 2 heterocycles. The van der Waals surface area contributed by atoms with Crippen molar-refractivity contribution in [3.05, 3.63) is 22.0 Å². The van der Waals surface area contributed by atoms with Crippen molar-refractivity contribution < 1.29 is 5.11 Å². The largest absolute Gasteiger partial charge is 0.396 e.